The van der Waals surface area contributed by atoms with Gasteiger partial charge in [0.2, 0.25) is 0 Å². The molecular formula is C9H13NO3. The van der Waals surface area contributed by atoms with Gasteiger partial charge in [0.1, 0.15) is 5.72 Å². The van der Waals surface area contributed by atoms with Gasteiger partial charge < -0.3 is 15.9 Å². The van der Waals surface area contributed by atoms with E-state index >= 15 is 0 Å². The zero-order chi connectivity index (χ0) is 9.90. The fraction of sp³-hybridized carbons (Fsp3) is 0.444. The van der Waals surface area contributed by atoms with Gasteiger partial charge in [-0.15, -0.1) is 0 Å². The zero-order valence-electron chi connectivity index (χ0n) is 7.23. The number of aliphatic hydroxyl groups is 1. The number of aliphatic carboxylic acids is 1. The van der Waals surface area contributed by atoms with E-state index in [2.05, 4.69) is 0 Å². The predicted molar refractivity (Wildman–Crippen MR) is 47.8 cm³/mol. The Balaban J connectivity index is 2.44. The molecule has 0 aliphatic heterocycles. The van der Waals surface area contributed by atoms with Crippen LogP contribution in [-0.2, 0) is 4.79 Å². The van der Waals surface area contributed by atoms with Crippen molar-refractivity contribution in [3.63, 3.8) is 0 Å². The second-order valence-electron chi connectivity index (χ2n) is 3.20. The molecule has 4 heteroatoms. The quantitative estimate of drug-likeness (QED) is 0.552. The number of carbonyl (C=O) groups is 1. The number of rotatable bonds is 3. The van der Waals surface area contributed by atoms with Gasteiger partial charge in [0.25, 0.3) is 0 Å². The Hall–Kier alpha value is -1.13. The van der Waals surface area contributed by atoms with Crippen LogP contribution in [0.5, 0.6) is 0 Å². The Morgan fingerprint density at radius 3 is 2.85 bits per heavy atom. The summed E-state index contributed by atoms with van der Waals surface area (Å²) in [5.74, 6) is -0.817. The first kappa shape index (κ1) is 9.95. The molecule has 0 bridgehead atoms. The van der Waals surface area contributed by atoms with Crippen molar-refractivity contribution in [2.75, 3.05) is 0 Å². The third-order valence-corrected chi connectivity index (χ3v) is 1.90. The van der Waals surface area contributed by atoms with Gasteiger partial charge >= 0.3 is 5.97 Å². The van der Waals surface area contributed by atoms with Crippen LogP contribution in [-0.4, -0.2) is 21.9 Å². The lowest BCUT2D eigenvalue weighted by molar-refractivity contribution is -0.136. The second-order valence-corrected chi connectivity index (χ2v) is 3.20. The topological polar surface area (TPSA) is 83.5 Å². The van der Waals surface area contributed by atoms with E-state index in [0.717, 1.165) is 5.57 Å². The molecule has 1 unspecified atom stereocenters. The third kappa shape index (κ3) is 3.40. The van der Waals surface area contributed by atoms with Crippen LogP contribution in [0.2, 0.25) is 0 Å². The first-order valence-corrected chi connectivity index (χ1v) is 4.11. The molecule has 0 heterocycles. The van der Waals surface area contributed by atoms with E-state index in [1.54, 1.807) is 12.2 Å². The first-order chi connectivity index (χ1) is 5.99. The summed E-state index contributed by atoms with van der Waals surface area (Å²) in [6.07, 6.45) is 5.87. The summed E-state index contributed by atoms with van der Waals surface area (Å²) in [5.41, 5.74) is 5.06. The fourth-order valence-electron chi connectivity index (χ4n) is 1.12. The summed E-state index contributed by atoms with van der Waals surface area (Å²) in [4.78, 5) is 10.2. The van der Waals surface area contributed by atoms with Gasteiger partial charge in [0.05, 0.1) is 0 Å². The van der Waals surface area contributed by atoms with Crippen molar-refractivity contribution in [3.8, 4) is 0 Å². The number of allylic oxidation sites excluding steroid dienone is 2. The van der Waals surface area contributed by atoms with Crippen LogP contribution >= 0.6 is 0 Å². The highest BCUT2D eigenvalue weighted by molar-refractivity contribution is 5.67. The summed E-state index contributed by atoms with van der Waals surface area (Å²) >= 11 is 0. The maximum atomic E-state index is 10.2. The van der Waals surface area contributed by atoms with Gasteiger partial charge in [0.15, 0.2) is 0 Å². The molecule has 0 aromatic heterocycles. The van der Waals surface area contributed by atoms with Gasteiger partial charge in [0, 0.05) is 12.8 Å². The van der Waals surface area contributed by atoms with E-state index < -0.39 is 11.7 Å². The minimum absolute atomic E-state index is 0.110. The number of hydrogen-bond donors (Lipinski definition) is 3. The number of carboxylic acid groups (broad SMARTS) is 1. The monoisotopic (exact) mass is 183 g/mol. The molecule has 0 fully saturated rings. The standard InChI is InChI=1S/C9H13NO3/c10-9(13)5-3-7(4-6-9)1-2-8(11)12/h3-5,13H,1-2,6,10H2,(H,11,12). The average molecular weight is 183 g/mol. The molecular weight excluding hydrogens is 170 g/mol. The van der Waals surface area contributed by atoms with Crippen LogP contribution in [0.3, 0.4) is 0 Å². The lowest BCUT2D eigenvalue weighted by atomic mass is 9.98. The first-order valence-electron chi connectivity index (χ1n) is 4.11. The molecule has 0 aromatic rings. The molecule has 0 aromatic carbocycles. The summed E-state index contributed by atoms with van der Waals surface area (Å²) < 4.78 is 0. The molecule has 0 spiro atoms. The molecule has 13 heavy (non-hydrogen) atoms. The molecule has 0 radical (unpaired) electrons. The van der Waals surface area contributed by atoms with Gasteiger partial charge in [-0.2, -0.15) is 0 Å². The highest BCUT2D eigenvalue weighted by Crippen LogP contribution is 2.18. The Morgan fingerprint density at radius 2 is 2.38 bits per heavy atom. The van der Waals surface area contributed by atoms with Crippen molar-refractivity contribution < 1.29 is 15.0 Å². The second kappa shape index (κ2) is 3.72. The van der Waals surface area contributed by atoms with Crippen molar-refractivity contribution >= 4 is 5.97 Å². The van der Waals surface area contributed by atoms with E-state index in [9.17, 15) is 9.90 Å². The van der Waals surface area contributed by atoms with E-state index in [0.29, 0.717) is 12.8 Å². The summed E-state index contributed by atoms with van der Waals surface area (Å²) in [7, 11) is 0. The predicted octanol–water partition coefficient (Wildman–Crippen LogP) is 0.385. The molecule has 1 atom stereocenters. The van der Waals surface area contributed by atoms with Gasteiger partial charge in [-0.3, -0.25) is 4.79 Å². The van der Waals surface area contributed by atoms with Crippen LogP contribution in [0.15, 0.2) is 23.8 Å². The van der Waals surface area contributed by atoms with E-state index in [4.69, 9.17) is 10.8 Å². The highest BCUT2D eigenvalue weighted by Gasteiger charge is 2.18. The summed E-state index contributed by atoms with van der Waals surface area (Å²) in [6, 6.07) is 0. The molecule has 0 saturated heterocycles. The SMILES string of the molecule is NC1(O)C=CC(CCC(=O)O)=CC1. The lowest BCUT2D eigenvalue weighted by Crippen LogP contribution is -2.37. The molecule has 4 N–H and O–H groups in total. The smallest absolute Gasteiger partial charge is 0.303 e. The summed E-state index contributed by atoms with van der Waals surface area (Å²) in [6.45, 7) is 0. The van der Waals surface area contributed by atoms with Gasteiger partial charge in [-0.05, 0) is 12.5 Å². The van der Waals surface area contributed by atoms with Crippen LogP contribution in [0, 0.1) is 0 Å². The molecule has 0 saturated carbocycles. The largest absolute Gasteiger partial charge is 0.481 e. The van der Waals surface area contributed by atoms with Gasteiger partial charge in [-0.1, -0.05) is 17.7 Å². The van der Waals surface area contributed by atoms with Crippen LogP contribution in [0.4, 0.5) is 0 Å². The van der Waals surface area contributed by atoms with Crippen LogP contribution in [0.1, 0.15) is 19.3 Å². The zero-order valence-corrected chi connectivity index (χ0v) is 7.23. The van der Waals surface area contributed by atoms with E-state index in [1.165, 1.54) is 6.08 Å². The Bertz CT molecular complexity index is 266. The maximum Gasteiger partial charge on any atom is 0.303 e. The number of nitrogens with two attached hydrogens (primary N) is 1. The average Bonchev–Trinajstić information content (AvgIpc) is 2.02. The molecule has 0 amide bonds. The van der Waals surface area contributed by atoms with Crippen LogP contribution < -0.4 is 5.73 Å². The Kier molecular flexibility index (Phi) is 2.85. The van der Waals surface area contributed by atoms with Crippen LogP contribution in [0.25, 0.3) is 0 Å². The number of hydrogen-bond acceptors (Lipinski definition) is 3. The van der Waals surface area contributed by atoms with E-state index in [1.807, 2.05) is 0 Å². The third-order valence-electron chi connectivity index (χ3n) is 1.90. The number of carboxylic acids is 1. The van der Waals surface area contributed by atoms with Crippen molar-refractivity contribution in [2.24, 2.45) is 5.73 Å². The normalized spacial score (nSPS) is 27.1. The van der Waals surface area contributed by atoms with Crippen molar-refractivity contribution in [1.29, 1.82) is 0 Å². The van der Waals surface area contributed by atoms with Crippen molar-refractivity contribution in [3.05, 3.63) is 23.8 Å². The van der Waals surface area contributed by atoms with Crippen molar-refractivity contribution in [2.45, 2.75) is 25.0 Å². The highest BCUT2D eigenvalue weighted by atomic mass is 16.4. The minimum Gasteiger partial charge on any atom is -0.481 e. The molecule has 1 aliphatic rings. The Labute approximate surface area is 76.4 Å². The Morgan fingerprint density at radius 1 is 1.69 bits per heavy atom. The maximum absolute atomic E-state index is 10.2. The van der Waals surface area contributed by atoms with Gasteiger partial charge in [-0.25, -0.2) is 0 Å². The molecule has 4 nitrogen and oxygen atoms in total. The minimum atomic E-state index is -1.26. The van der Waals surface area contributed by atoms with E-state index in [-0.39, 0.29) is 6.42 Å². The molecule has 1 rings (SSSR count). The lowest BCUT2D eigenvalue weighted by Gasteiger charge is -2.20. The molecule has 1 aliphatic carbocycles. The van der Waals surface area contributed by atoms with Crippen molar-refractivity contribution in [1.82, 2.24) is 0 Å². The summed E-state index contributed by atoms with van der Waals surface area (Å²) in [5, 5.41) is 17.7. The molecule has 72 valence electrons. The fourth-order valence-corrected chi connectivity index (χ4v) is 1.12.